The smallest absolute Gasteiger partial charge is 0.0484 e. The van der Waals surface area contributed by atoms with Gasteiger partial charge in [-0.25, -0.2) is 0 Å². The van der Waals surface area contributed by atoms with Gasteiger partial charge in [0.2, 0.25) is 0 Å². The van der Waals surface area contributed by atoms with E-state index in [1.165, 1.54) is 9.75 Å². The van der Waals surface area contributed by atoms with Gasteiger partial charge in [0.15, 0.2) is 0 Å². The van der Waals surface area contributed by atoms with Gasteiger partial charge in [0.1, 0.15) is 0 Å². The number of hydrogen-bond donors (Lipinski definition) is 1. The third-order valence-corrected chi connectivity index (χ3v) is 3.32. The highest BCUT2D eigenvalue weighted by Gasteiger charge is 2.10. The molecular weight excluding hydrogens is 194 g/mol. The highest BCUT2D eigenvalue weighted by Crippen LogP contribution is 2.24. The molecule has 0 bridgehead atoms. The molecular formula is C11H19NOS. The molecule has 0 spiro atoms. The third-order valence-electron chi connectivity index (χ3n) is 2.21. The Morgan fingerprint density at radius 2 is 2.29 bits per heavy atom. The lowest BCUT2D eigenvalue weighted by atomic mass is 10.2. The van der Waals surface area contributed by atoms with Crippen LogP contribution in [0.1, 0.15) is 29.1 Å². The molecule has 2 nitrogen and oxygen atoms in total. The Hall–Kier alpha value is -0.380. The minimum absolute atomic E-state index is 0.445. The Morgan fingerprint density at radius 3 is 2.79 bits per heavy atom. The van der Waals surface area contributed by atoms with Gasteiger partial charge in [-0.3, -0.25) is 0 Å². The largest absolute Gasteiger partial charge is 0.382 e. The maximum Gasteiger partial charge on any atom is 0.0484 e. The molecule has 0 aliphatic rings. The lowest BCUT2D eigenvalue weighted by molar-refractivity contribution is 0.137. The zero-order valence-corrected chi connectivity index (χ0v) is 9.99. The van der Waals surface area contributed by atoms with Gasteiger partial charge in [0, 0.05) is 29.0 Å². The molecule has 1 aromatic rings. The van der Waals surface area contributed by atoms with Gasteiger partial charge < -0.3 is 10.1 Å². The normalized spacial score (nSPS) is 13.1. The Kier molecular flexibility index (Phi) is 5.15. The van der Waals surface area contributed by atoms with Crippen LogP contribution in [-0.2, 0) is 4.74 Å². The van der Waals surface area contributed by atoms with E-state index < -0.39 is 0 Å². The fraction of sp³-hybridized carbons (Fsp3) is 0.636. The molecule has 1 atom stereocenters. The van der Waals surface area contributed by atoms with Gasteiger partial charge >= 0.3 is 0 Å². The van der Waals surface area contributed by atoms with Crippen LogP contribution in [0.5, 0.6) is 0 Å². The summed E-state index contributed by atoms with van der Waals surface area (Å²) in [7, 11) is 2.01. The summed E-state index contributed by atoms with van der Waals surface area (Å²) in [5.74, 6) is 0. The Morgan fingerprint density at radius 1 is 1.50 bits per heavy atom. The van der Waals surface area contributed by atoms with Crippen LogP contribution in [0.25, 0.3) is 0 Å². The lowest BCUT2D eigenvalue weighted by Gasteiger charge is -2.13. The van der Waals surface area contributed by atoms with Crippen molar-refractivity contribution >= 4 is 11.3 Å². The van der Waals surface area contributed by atoms with Gasteiger partial charge in [-0.05, 0) is 39.4 Å². The summed E-state index contributed by atoms with van der Waals surface area (Å²) in [6, 6.07) is 4.82. The van der Waals surface area contributed by atoms with Crippen molar-refractivity contribution in [2.24, 2.45) is 0 Å². The van der Waals surface area contributed by atoms with Crippen molar-refractivity contribution in [2.45, 2.75) is 26.3 Å². The molecule has 0 aliphatic heterocycles. The summed E-state index contributed by atoms with van der Waals surface area (Å²) in [6.07, 6.45) is 1.05. The van der Waals surface area contributed by atoms with E-state index in [-0.39, 0.29) is 0 Å². The second-order valence-electron chi connectivity index (χ2n) is 3.28. The number of aryl methyl sites for hydroxylation is 1. The lowest BCUT2D eigenvalue weighted by Crippen LogP contribution is -2.17. The first-order valence-corrected chi connectivity index (χ1v) is 5.91. The molecule has 1 N–H and O–H groups in total. The minimum Gasteiger partial charge on any atom is -0.382 e. The molecule has 0 saturated carbocycles. The van der Waals surface area contributed by atoms with Crippen molar-refractivity contribution < 1.29 is 4.74 Å². The number of ether oxygens (including phenoxy) is 1. The molecule has 1 unspecified atom stereocenters. The van der Waals surface area contributed by atoms with E-state index in [2.05, 4.69) is 24.4 Å². The maximum absolute atomic E-state index is 5.36. The van der Waals surface area contributed by atoms with E-state index in [0.29, 0.717) is 6.04 Å². The predicted molar refractivity (Wildman–Crippen MR) is 62.0 cm³/mol. The van der Waals surface area contributed by atoms with E-state index in [1.54, 1.807) is 0 Å². The van der Waals surface area contributed by atoms with Crippen molar-refractivity contribution in [1.82, 2.24) is 5.32 Å². The van der Waals surface area contributed by atoms with Gasteiger partial charge in [0.05, 0.1) is 0 Å². The second kappa shape index (κ2) is 6.17. The average molecular weight is 213 g/mol. The summed E-state index contributed by atoms with van der Waals surface area (Å²) in [6.45, 7) is 5.81. The number of hydrogen-bond acceptors (Lipinski definition) is 3. The van der Waals surface area contributed by atoms with Gasteiger partial charge in [-0.15, -0.1) is 11.3 Å². The van der Waals surface area contributed by atoms with E-state index in [9.17, 15) is 0 Å². The summed E-state index contributed by atoms with van der Waals surface area (Å²) >= 11 is 1.86. The van der Waals surface area contributed by atoms with E-state index >= 15 is 0 Å². The standard InChI is InChI=1S/C11H19NOS/c1-4-13-8-7-10(12-3)11-6-5-9(2)14-11/h5-6,10,12H,4,7-8H2,1-3H3. The highest BCUT2D eigenvalue weighted by molar-refractivity contribution is 7.12. The van der Waals surface area contributed by atoms with Gasteiger partial charge in [0.25, 0.3) is 0 Å². The molecule has 0 aromatic carbocycles. The van der Waals surface area contributed by atoms with Crippen LogP contribution < -0.4 is 5.32 Å². The molecule has 3 heteroatoms. The van der Waals surface area contributed by atoms with Crippen molar-refractivity contribution in [3.05, 3.63) is 21.9 Å². The van der Waals surface area contributed by atoms with Crippen molar-refractivity contribution in [3.63, 3.8) is 0 Å². The molecule has 0 radical (unpaired) electrons. The van der Waals surface area contributed by atoms with Crippen LogP contribution in [0.3, 0.4) is 0 Å². The molecule has 1 heterocycles. The topological polar surface area (TPSA) is 21.3 Å². The zero-order chi connectivity index (χ0) is 10.4. The first-order chi connectivity index (χ1) is 6.77. The van der Waals surface area contributed by atoms with Gasteiger partial charge in [-0.1, -0.05) is 0 Å². The molecule has 1 rings (SSSR count). The van der Waals surface area contributed by atoms with Crippen LogP contribution in [0, 0.1) is 6.92 Å². The van der Waals surface area contributed by atoms with E-state index in [4.69, 9.17) is 4.74 Å². The molecule has 0 amide bonds. The van der Waals surface area contributed by atoms with Crippen LogP contribution >= 0.6 is 11.3 Å². The number of nitrogens with one attached hydrogen (secondary N) is 1. The van der Waals surface area contributed by atoms with Crippen LogP contribution in [0.15, 0.2) is 12.1 Å². The van der Waals surface area contributed by atoms with E-state index in [1.807, 2.05) is 25.3 Å². The summed E-state index contributed by atoms with van der Waals surface area (Å²) in [5.41, 5.74) is 0. The number of rotatable bonds is 6. The Bertz CT molecular complexity index is 260. The van der Waals surface area contributed by atoms with Gasteiger partial charge in [-0.2, -0.15) is 0 Å². The zero-order valence-electron chi connectivity index (χ0n) is 9.17. The molecule has 1 aromatic heterocycles. The van der Waals surface area contributed by atoms with E-state index in [0.717, 1.165) is 19.6 Å². The summed E-state index contributed by atoms with van der Waals surface area (Å²) < 4.78 is 5.36. The minimum atomic E-state index is 0.445. The molecule has 14 heavy (non-hydrogen) atoms. The Labute approximate surface area is 90.3 Å². The summed E-state index contributed by atoms with van der Waals surface area (Å²) in [5, 5.41) is 3.32. The van der Waals surface area contributed by atoms with Crippen molar-refractivity contribution in [1.29, 1.82) is 0 Å². The van der Waals surface area contributed by atoms with Crippen LogP contribution in [0.2, 0.25) is 0 Å². The maximum atomic E-state index is 5.36. The number of thiophene rings is 1. The Balaban J connectivity index is 2.45. The average Bonchev–Trinajstić information content (AvgIpc) is 2.60. The van der Waals surface area contributed by atoms with Crippen molar-refractivity contribution in [3.8, 4) is 0 Å². The van der Waals surface area contributed by atoms with Crippen LogP contribution in [-0.4, -0.2) is 20.3 Å². The fourth-order valence-corrected chi connectivity index (χ4v) is 2.44. The van der Waals surface area contributed by atoms with Crippen LogP contribution in [0.4, 0.5) is 0 Å². The van der Waals surface area contributed by atoms with Crippen molar-refractivity contribution in [2.75, 3.05) is 20.3 Å². The molecule has 0 aliphatic carbocycles. The fourth-order valence-electron chi connectivity index (χ4n) is 1.42. The SMILES string of the molecule is CCOCCC(NC)c1ccc(C)s1. The third kappa shape index (κ3) is 3.40. The quantitative estimate of drug-likeness (QED) is 0.734. The molecule has 0 fully saturated rings. The monoisotopic (exact) mass is 213 g/mol. The first-order valence-electron chi connectivity index (χ1n) is 5.09. The predicted octanol–water partition coefficient (Wildman–Crippen LogP) is 2.74. The first kappa shape index (κ1) is 11.7. The highest BCUT2D eigenvalue weighted by atomic mass is 32.1. The summed E-state index contributed by atoms with van der Waals surface area (Å²) in [4.78, 5) is 2.78. The second-order valence-corrected chi connectivity index (χ2v) is 4.59. The molecule has 80 valence electrons. The molecule has 0 saturated heterocycles.